The predicted octanol–water partition coefficient (Wildman–Crippen LogP) is 2.31. The Bertz CT molecular complexity index is 473. The molecular formula is C16H26N2O3S. The maximum atomic E-state index is 13.0. The Hall–Kier alpha value is -1.04. The molecule has 2 aliphatic rings. The van der Waals surface area contributed by atoms with Crippen LogP contribution in [0.15, 0.2) is 0 Å². The van der Waals surface area contributed by atoms with E-state index in [0.717, 1.165) is 12.8 Å². The first kappa shape index (κ1) is 17.3. The third-order valence-corrected chi connectivity index (χ3v) is 5.53. The molecule has 2 heterocycles. The van der Waals surface area contributed by atoms with Gasteiger partial charge in [0.05, 0.1) is 5.92 Å². The second-order valence-electron chi connectivity index (χ2n) is 7.27. The van der Waals surface area contributed by atoms with Gasteiger partial charge in [0.2, 0.25) is 11.8 Å². The molecule has 0 saturated carbocycles. The highest BCUT2D eigenvalue weighted by Gasteiger charge is 2.45. The van der Waals surface area contributed by atoms with E-state index in [1.165, 1.54) is 18.7 Å². The standard InChI is InChI=1S/C16H26N2O3S/c1-11(19)22-10-12-13(16(2,3)4)9-14(20)17-7-5-6-8-18(17)15(12)21/h12-13H,5-10H2,1-4H3/t12-,13?/m1/s1. The van der Waals surface area contributed by atoms with Crippen molar-refractivity contribution in [1.82, 2.24) is 10.0 Å². The molecule has 2 aliphatic heterocycles. The molecule has 22 heavy (non-hydrogen) atoms. The van der Waals surface area contributed by atoms with Gasteiger partial charge in [-0.3, -0.25) is 24.4 Å². The summed E-state index contributed by atoms with van der Waals surface area (Å²) in [5.41, 5.74) is -0.150. The van der Waals surface area contributed by atoms with Gasteiger partial charge in [-0.2, -0.15) is 0 Å². The minimum absolute atomic E-state index is 0.0132. The Balaban J connectivity index is 2.32. The van der Waals surface area contributed by atoms with Crippen molar-refractivity contribution >= 4 is 28.7 Å². The fourth-order valence-corrected chi connectivity index (χ4v) is 4.15. The summed E-state index contributed by atoms with van der Waals surface area (Å²) in [5.74, 6) is 0.210. The molecule has 0 aromatic rings. The van der Waals surface area contributed by atoms with E-state index in [4.69, 9.17) is 0 Å². The van der Waals surface area contributed by atoms with Crippen molar-refractivity contribution in [1.29, 1.82) is 0 Å². The maximum Gasteiger partial charge on any atom is 0.245 e. The second-order valence-corrected chi connectivity index (χ2v) is 8.47. The van der Waals surface area contributed by atoms with Gasteiger partial charge in [0.15, 0.2) is 5.12 Å². The van der Waals surface area contributed by atoms with E-state index in [-0.39, 0.29) is 34.2 Å². The van der Waals surface area contributed by atoms with Crippen LogP contribution in [0.1, 0.15) is 47.0 Å². The zero-order chi connectivity index (χ0) is 16.5. The largest absolute Gasteiger partial charge is 0.288 e. The number of hydrazine groups is 1. The molecule has 0 aromatic carbocycles. The first-order valence-corrected chi connectivity index (χ1v) is 8.95. The SMILES string of the molecule is CC(=O)SC[C@H]1C(=O)N2CCCCN2C(=O)CC1C(C)(C)C. The minimum atomic E-state index is -0.277. The number of thioether (sulfide) groups is 1. The summed E-state index contributed by atoms with van der Waals surface area (Å²) in [7, 11) is 0. The van der Waals surface area contributed by atoms with Crippen molar-refractivity contribution in [2.24, 2.45) is 17.3 Å². The molecule has 0 aliphatic carbocycles. The Morgan fingerprint density at radius 2 is 1.77 bits per heavy atom. The van der Waals surface area contributed by atoms with Crippen LogP contribution in [0.4, 0.5) is 0 Å². The summed E-state index contributed by atoms with van der Waals surface area (Å²) in [6.07, 6.45) is 2.26. The van der Waals surface area contributed by atoms with E-state index in [1.807, 2.05) is 0 Å². The van der Waals surface area contributed by atoms with Gasteiger partial charge in [-0.15, -0.1) is 0 Å². The Morgan fingerprint density at radius 3 is 2.32 bits per heavy atom. The molecule has 1 unspecified atom stereocenters. The van der Waals surface area contributed by atoms with Crippen molar-refractivity contribution < 1.29 is 14.4 Å². The van der Waals surface area contributed by atoms with Gasteiger partial charge in [0.25, 0.3) is 0 Å². The molecule has 2 atom stereocenters. The van der Waals surface area contributed by atoms with E-state index in [1.54, 1.807) is 10.0 Å². The van der Waals surface area contributed by atoms with E-state index >= 15 is 0 Å². The number of carbonyl (C=O) groups excluding carboxylic acids is 3. The van der Waals surface area contributed by atoms with E-state index in [0.29, 0.717) is 25.3 Å². The van der Waals surface area contributed by atoms with Crippen molar-refractivity contribution in [3.63, 3.8) is 0 Å². The average molecular weight is 326 g/mol. The first-order valence-electron chi connectivity index (χ1n) is 7.97. The molecule has 0 bridgehead atoms. The van der Waals surface area contributed by atoms with Gasteiger partial charge in [-0.1, -0.05) is 32.5 Å². The number of nitrogens with zero attached hydrogens (tertiary/aromatic N) is 2. The summed E-state index contributed by atoms with van der Waals surface area (Å²) < 4.78 is 0. The lowest BCUT2D eigenvalue weighted by molar-refractivity contribution is -0.166. The van der Waals surface area contributed by atoms with Gasteiger partial charge < -0.3 is 0 Å². The van der Waals surface area contributed by atoms with E-state index in [2.05, 4.69) is 20.8 Å². The lowest BCUT2D eigenvalue weighted by Gasteiger charge is -2.38. The number of hydrogen-bond donors (Lipinski definition) is 0. The van der Waals surface area contributed by atoms with Crippen molar-refractivity contribution in [2.45, 2.75) is 47.0 Å². The van der Waals surface area contributed by atoms with Gasteiger partial charge in [-0.05, 0) is 24.2 Å². The molecule has 0 aromatic heterocycles. The molecule has 6 heteroatoms. The molecule has 2 amide bonds. The number of carbonyl (C=O) groups is 3. The summed E-state index contributed by atoms with van der Waals surface area (Å²) in [4.78, 5) is 36.9. The molecule has 2 saturated heterocycles. The number of hydrogen-bond acceptors (Lipinski definition) is 4. The highest BCUT2D eigenvalue weighted by Crippen LogP contribution is 2.40. The summed E-state index contributed by atoms with van der Waals surface area (Å²) in [6.45, 7) is 8.99. The molecule has 2 rings (SSSR count). The normalized spacial score (nSPS) is 26.7. The van der Waals surface area contributed by atoms with Crippen LogP contribution < -0.4 is 0 Å². The molecular weight excluding hydrogens is 300 g/mol. The Labute approximate surface area is 136 Å². The van der Waals surface area contributed by atoms with Crippen LogP contribution in [0.3, 0.4) is 0 Å². The van der Waals surface area contributed by atoms with Crippen LogP contribution in [0.5, 0.6) is 0 Å². The second kappa shape index (κ2) is 6.60. The molecule has 2 fully saturated rings. The lowest BCUT2D eigenvalue weighted by atomic mass is 9.71. The van der Waals surface area contributed by atoms with Crippen LogP contribution >= 0.6 is 11.8 Å². The highest BCUT2D eigenvalue weighted by molar-refractivity contribution is 8.13. The molecule has 0 N–H and O–H groups in total. The fraction of sp³-hybridized carbons (Fsp3) is 0.812. The smallest absolute Gasteiger partial charge is 0.245 e. The molecule has 0 spiro atoms. The Kier molecular flexibility index (Phi) is 5.20. The first-order chi connectivity index (χ1) is 10.2. The summed E-state index contributed by atoms with van der Waals surface area (Å²) >= 11 is 1.20. The third-order valence-electron chi connectivity index (χ3n) is 4.60. The van der Waals surface area contributed by atoms with Gasteiger partial charge in [-0.25, -0.2) is 0 Å². The zero-order valence-corrected chi connectivity index (χ0v) is 14.7. The van der Waals surface area contributed by atoms with Crippen molar-refractivity contribution in [2.75, 3.05) is 18.8 Å². The van der Waals surface area contributed by atoms with Gasteiger partial charge in [0, 0.05) is 32.2 Å². The van der Waals surface area contributed by atoms with Crippen molar-refractivity contribution in [3.8, 4) is 0 Å². The number of fused-ring (bicyclic) bond motifs is 1. The van der Waals surface area contributed by atoms with Crippen LogP contribution in [0, 0.1) is 17.3 Å². The van der Waals surface area contributed by atoms with Crippen LogP contribution in [-0.4, -0.2) is 45.8 Å². The summed E-state index contributed by atoms with van der Waals surface area (Å²) in [6, 6.07) is 0. The number of rotatable bonds is 2. The van der Waals surface area contributed by atoms with E-state index in [9.17, 15) is 14.4 Å². The monoisotopic (exact) mass is 326 g/mol. The highest BCUT2D eigenvalue weighted by atomic mass is 32.2. The van der Waals surface area contributed by atoms with Gasteiger partial charge >= 0.3 is 0 Å². The third kappa shape index (κ3) is 3.65. The maximum absolute atomic E-state index is 13.0. The lowest BCUT2D eigenvalue weighted by Crippen LogP contribution is -2.53. The fourth-order valence-electron chi connectivity index (χ4n) is 3.36. The summed E-state index contributed by atoms with van der Waals surface area (Å²) in [5, 5.41) is 3.30. The van der Waals surface area contributed by atoms with Crippen LogP contribution in [-0.2, 0) is 14.4 Å². The zero-order valence-electron chi connectivity index (χ0n) is 13.9. The van der Waals surface area contributed by atoms with Crippen LogP contribution in [0.25, 0.3) is 0 Å². The van der Waals surface area contributed by atoms with Gasteiger partial charge in [0.1, 0.15) is 0 Å². The quantitative estimate of drug-likeness (QED) is 0.781. The average Bonchev–Trinajstić information content (AvgIpc) is 2.54. The molecule has 5 nitrogen and oxygen atoms in total. The predicted molar refractivity (Wildman–Crippen MR) is 86.9 cm³/mol. The Morgan fingerprint density at radius 1 is 1.18 bits per heavy atom. The van der Waals surface area contributed by atoms with E-state index < -0.39 is 0 Å². The number of amides is 2. The topological polar surface area (TPSA) is 57.7 Å². The molecule has 124 valence electrons. The molecule has 0 radical (unpaired) electrons. The minimum Gasteiger partial charge on any atom is -0.288 e. The van der Waals surface area contributed by atoms with Crippen molar-refractivity contribution in [3.05, 3.63) is 0 Å². The van der Waals surface area contributed by atoms with Crippen LogP contribution in [0.2, 0.25) is 0 Å².